The van der Waals surface area contributed by atoms with Gasteiger partial charge in [0, 0.05) is 49.6 Å². The molecular weight excluding hydrogens is 609 g/mol. The number of aromatic nitrogens is 3. The first-order valence-corrected chi connectivity index (χ1v) is 15.1. The summed E-state index contributed by atoms with van der Waals surface area (Å²) in [6.07, 6.45) is 2.65. The van der Waals surface area contributed by atoms with Crippen LogP contribution in [0.2, 0.25) is 0 Å². The number of methoxy groups -OCH3 is 1. The van der Waals surface area contributed by atoms with E-state index in [0.717, 1.165) is 12.1 Å². The maximum absolute atomic E-state index is 15.3. The van der Waals surface area contributed by atoms with Crippen LogP contribution in [-0.4, -0.2) is 79.4 Å². The van der Waals surface area contributed by atoms with Crippen molar-refractivity contribution in [2.45, 2.75) is 11.8 Å². The van der Waals surface area contributed by atoms with E-state index in [1.54, 1.807) is 17.9 Å². The smallest absolute Gasteiger partial charge is 0.264 e. The number of piperazine rings is 1. The lowest BCUT2D eigenvalue weighted by Gasteiger charge is -2.32. The summed E-state index contributed by atoms with van der Waals surface area (Å²) in [5.74, 6) is 2.42. The Morgan fingerprint density at radius 2 is 1.71 bits per heavy atom. The molecule has 0 radical (unpaired) electrons. The molecule has 0 atom stereocenters. The van der Waals surface area contributed by atoms with Crippen molar-refractivity contribution in [2.75, 3.05) is 45.1 Å². The van der Waals surface area contributed by atoms with E-state index in [0.29, 0.717) is 54.8 Å². The average Bonchev–Trinajstić information content (AvgIpc) is 3.00. The van der Waals surface area contributed by atoms with Crippen LogP contribution in [0.3, 0.4) is 0 Å². The first kappa shape index (κ1) is 31.4. The van der Waals surface area contributed by atoms with Crippen LogP contribution in [0.15, 0.2) is 59.9 Å². The van der Waals surface area contributed by atoms with Crippen LogP contribution >= 0.6 is 0 Å². The van der Waals surface area contributed by atoms with Crippen molar-refractivity contribution in [3.05, 3.63) is 94.8 Å². The highest BCUT2D eigenvalue weighted by molar-refractivity contribution is 7.92. The molecule has 232 valence electrons. The Balaban J connectivity index is 1.45. The Labute approximate surface area is 258 Å². The number of halogens is 3. The van der Waals surface area contributed by atoms with Crippen molar-refractivity contribution in [3.8, 4) is 29.0 Å². The van der Waals surface area contributed by atoms with Gasteiger partial charge in [0.05, 0.1) is 29.6 Å². The molecule has 5 rings (SSSR count). The molecule has 4 aromatic rings. The van der Waals surface area contributed by atoms with E-state index in [2.05, 4.69) is 36.4 Å². The number of nitrogens with one attached hydrogen (secondary N) is 1. The number of aryl methyl sites for hydroxylation is 1. The van der Waals surface area contributed by atoms with Gasteiger partial charge in [-0.1, -0.05) is 17.9 Å². The lowest BCUT2D eigenvalue weighted by Crippen LogP contribution is -2.47. The average molecular weight is 637 g/mol. The summed E-state index contributed by atoms with van der Waals surface area (Å²) in [5.41, 5.74) is 1.60. The molecule has 1 fully saturated rings. The number of nitrogens with zero attached hydrogens (tertiary/aromatic N) is 5. The molecule has 1 saturated heterocycles. The van der Waals surface area contributed by atoms with Crippen LogP contribution in [0, 0.1) is 36.2 Å². The number of ether oxygens (including phenoxy) is 1. The quantitative estimate of drug-likeness (QED) is 0.317. The van der Waals surface area contributed by atoms with Gasteiger partial charge in [0.2, 0.25) is 5.88 Å². The Morgan fingerprint density at radius 3 is 2.40 bits per heavy atom. The van der Waals surface area contributed by atoms with E-state index in [9.17, 15) is 22.0 Å². The predicted molar refractivity (Wildman–Crippen MR) is 159 cm³/mol. The number of sulfonamides is 1. The van der Waals surface area contributed by atoms with Gasteiger partial charge < -0.3 is 14.5 Å². The van der Waals surface area contributed by atoms with Gasteiger partial charge in [0.1, 0.15) is 34.4 Å². The number of hydrogen-bond acceptors (Lipinski definition) is 8. The minimum absolute atomic E-state index is 0.0403. The Bertz CT molecular complexity index is 1950. The summed E-state index contributed by atoms with van der Waals surface area (Å²) >= 11 is 0. The Kier molecular flexibility index (Phi) is 9.03. The molecule has 10 nitrogen and oxygen atoms in total. The molecule has 0 spiro atoms. The van der Waals surface area contributed by atoms with Gasteiger partial charge in [0.25, 0.3) is 15.9 Å². The molecule has 0 aliphatic carbocycles. The van der Waals surface area contributed by atoms with Crippen molar-refractivity contribution in [1.29, 1.82) is 0 Å². The number of carbonyl (C=O) groups is 1. The van der Waals surface area contributed by atoms with Crippen LogP contribution in [0.5, 0.6) is 5.88 Å². The molecule has 1 aliphatic rings. The van der Waals surface area contributed by atoms with Gasteiger partial charge in [-0.3, -0.25) is 9.52 Å². The number of carbonyl (C=O) groups excluding carboxylic acids is 1. The highest BCUT2D eigenvalue weighted by Gasteiger charge is 2.24. The van der Waals surface area contributed by atoms with Crippen molar-refractivity contribution >= 4 is 21.6 Å². The zero-order valence-electron chi connectivity index (χ0n) is 24.4. The Hall–Kier alpha value is -5.00. The van der Waals surface area contributed by atoms with E-state index < -0.39 is 32.4 Å². The number of amides is 1. The third-order valence-corrected chi connectivity index (χ3v) is 8.50. The maximum Gasteiger partial charge on any atom is 0.264 e. The zero-order chi connectivity index (χ0) is 32.3. The molecule has 14 heteroatoms. The van der Waals surface area contributed by atoms with Crippen LogP contribution < -0.4 is 9.46 Å². The number of rotatable bonds is 6. The van der Waals surface area contributed by atoms with E-state index in [-0.39, 0.29) is 28.6 Å². The number of benzene rings is 2. The molecule has 3 heterocycles. The standard InChI is InChI=1S/C31H27F3N6O4S/c1-19-23(29(37-18-36-19)21-5-8-24(25(33)15-21)31(41)40-12-10-39(2)11-13-40)7-4-20-14-27(30(44-3)35-17-20)38-45(42,43)28-9-6-22(32)16-26(28)34/h5-6,8-9,14-18,38H,10-13H2,1-3H3. The van der Waals surface area contributed by atoms with Crippen LogP contribution in [0.4, 0.5) is 18.9 Å². The number of likely N-dealkylation sites (N-methyl/N-ethyl adjacent to an activating group) is 1. The normalized spacial score (nSPS) is 13.6. The summed E-state index contributed by atoms with van der Waals surface area (Å²) in [7, 11) is -1.26. The van der Waals surface area contributed by atoms with E-state index in [4.69, 9.17) is 4.74 Å². The summed E-state index contributed by atoms with van der Waals surface area (Å²) in [6.45, 7) is 4.12. The van der Waals surface area contributed by atoms with Crippen molar-refractivity contribution in [3.63, 3.8) is 0 Å². The predicted octanol–water partition coefficient (Wildman–Crippen LogP) is 3.86. The number of pyridine rings is 1. The van der Waals surface area contributed by atoms with Gasteiger partial charge in [0.15, 0.2) is 0 Å². The van der Waals surface area contributed by atoms with E-state index >= 15 is 4.39 Å². The largest absolute Gasteiger partial charge is 0.479 e. The summed E-state index contributed by atoms with van der Waals surface area (Å²) in [6, 6.07) is 7.65. The summed E-state index contributed by atoms with van der Waals surface area (Å²) in [4.78, 5) is 28.5. The molecule has 1 N–H and O–H groups in total. The summed E-state index contributed by atoms with van der Waals surface area (Å²) in [5, 5.41) is 0. The minimum Gasteiger partial charge on any atom is -0.479 e. The molecule has 0 bridgehead atoms. The number of hydrogen-bond donors (Lipinski definition) is 1. The van der Waals surface area contributed by atoms with Crippen LogP contribution in [0.25, 0.3) is 11.3 Å². The van der Waals surface area contributed by atoms with E-state index in [1.807, 2.05) is 7.05 Å². The molecule has 2 aromatic carbocycles. The third kappa shape index (κ3) is 6.89. The highest BCUT2D eigenvalue weighted by Crippen LogP contribution is 2.28. The zero-order valence-corrected chi connectivity index (χ0v) is 25.3. The summed E-state index contributed by atoms with van der Waals surface area (Å²) < 4.78 is 75.9. The molecule has 0 unspecified atom stereocenters. The van der Waals surface area contributed by atoms with Crippen molar-refractivity contribution in [2.24, 2.45) is 0 Å². The second-order valence-corrected chi connectivity index (χ2v) is 11.8. The second kappa shape index (κ2) is 12.9. The fourth-order valence-corrected chi connectivity index (χ4v) is 5.75. The molecular formula is C31H27F3N6O4S. The third-order valence-electron chi connectivity index (χ3n) is 7.10. The minimum atomic E-state index is -4.49. The Morgan fingerprint density at radius 1 is 0.956 bits per heavy atom. The monoisotopic (exact) mass is 636 g/mol. The van der Waals surface area contributed by atoms with Gasteiger partial charge >= 0.3 is 0 Å². The molecule has 0 saturated carbocycles. The molecule has 45 heavy (non-hydrogen) atoms. The number of anilines is 1. The van der Waals surface area contributed by atoms with Crippen molar-refractivity contribution < 1.29 is 31.1 Å². The molecule has 1 aliphatic heterocycles. The SMILES string of the molecule is COc1ncc(C#Cc2c(C)ncnc2-c2ccc(C(=O)N3CCN(C)CC3)c(F)c2)cc1NS(=O)(=O)c1ccc(F)cc1F. The van der Waals surface area contributed by atoms with E-state index in [1.165, 1.54) is 37.8 Å². The molecule has 1 amide bonds. The van der Waals surface area contributed by atoms with Gasteiger partial charge in [-0.25, -0.2) is 36.5 Å². The fourth-order valence-electron chi connectivity index (χ4n) is 4.64. The van der Waals surface area contributed by atoms with Crippen LogP contribution in [-0.2, 0) is 10.0 Å². The van der Waals surface area contributed by atoms with Gasteiger partial charge in [-0.15, -0.1) is 0 Å². The van der Waals surface area contributed by atoms with Gasteiger partial charge in [-0.2, -0.15) is 0 Å². The highest BCUT2D eigenvalue weighted by atomic mass is 32.2. The lowest BCUT2D eigenvalue weighted by molar-refractivity contribution is 0.0659. The lowest BCUT2D eigenvalue weighted by atomic mass is 10.0. The van der Waals surface area contributed by atoms with Gasteiger partial charge in [-0.05, 0) is 44.3 Å². The first-order valence-electron chi connectivity index (χ1n) is 13.6. The topological polar surface area (TPSA) is 118 Å². The first-order chi connectivity index (χ1) is 21.5. The van der Waals surface area contributed by atoms with Crippen molar-refractivity contribution in [1.82, 2.24) is 24.8 Å². The van der Waals surface area contributed by atoms with Crippen LogP contribution in [0.1, 0.15) is 27.2 Å². The maximum atomic E-state index is 15.3. The fraction of sp³-hybridized carbons (Fsp3) is 0.226. The second-order valence-electron chi connectivity index (χ2n) is 10.2. The molecule has 2 aromatic heterocycles.